The summed E-state index contributed by atoms with van der Waals surface area (Å²) in [6.07, 6.45) is 0. The Morgan fingerprint density at radius 2 is 1.63 bits per heavy atom. The van der Waals surface area contributed by atoms with Crippen LogP contribution >= 0.6 is 0 Å². The minimum absolute atomic E-state index is 0.0440. The Morgan fingerprint density at radius 3 is 2.16 bits per heavy atom. The largest absolute Gasteiger partial charge is 0.316 e. The lowest BCUT2D eigenvalue weighted by Gasteiger charge is -2.17. The lowest BCUT2D eigenvalue weighted by atomic mass is 9.99. The van der Waals surface area contributed by atoms with E-state index in [2.05, 4.69) is 50.2 Å². The minimum Gasteiger partial charge on any atom is -0.316 e. The number of carbonyl (C=O) groups is 1. The van der Waals surface area contributed by atoms with Crippen molar-refractivity contribution < 1.29 is 4.79 Å². The summed E-state index contributed by atoms with van der Waals surface area (Å²) in [4.78, 5) is 13.0. The van der Waals surface area contributed by atoms with Crippen LogP contribution in [-0.2, 0) is 4.79 Å². The van der Waals surface area contributed by atoms with Crippen LogP contribution in [0.5, 0.6) is 0 Å². The highest BCUT2D eigenvalue weighted by molar-refractivity contribution is 5.91. The molecule has 0 atom stereocenters. The van der Waals surface area contributed by atoms with Crippen molar-refractivity contribution in [2.75, 3.05) is 11.9 Å². The molecule has 0 aliphatic heterocycles. The van der Waals surface area contributed by atoms with Crippen LogP contribution in [0, 0.1) is 13.8 Å². The Balaban J connectivity index is 2.39. The van der Waals surface area contributed by atoms with Crippen molar-refractivity contribution in [2.45, 2.75) is 20.8 Å². The molecule has 98 valence electrons. The van der Waals surface area contributed by atoms with E-state index in [9.17, 15) is 4.79 Å². The predicted molar refractivity (Wildman–Crippen MR) is 80.4 cm³/mol. The smallest absolute Gasteiger partial charge is 0.223 e. The number of hydrogen-bond donors (Lipinski definition) is 0. The maximum absolute atomic E-state index is 11.4. The molecule has 19 heavy (non-hydrogen) atoms. The van der Waals surface area contributed by atoms with Gasteiger partial charge in [-0.1, -0.05) is 35.9 Å². The summed E-state index contributed by atoms with van der Waals surface area (Å²) in [5.74, 6) is 0.0440. The van der Waals surface area contributed by atoms with E-state index in [0.29, 0.717) is 0 Å². The van der Waals surface area contributed by atoms with Crippen LogP contribution in [0.15, 0.2) is 42.5 Å². The van der Waals surface area contributed by atoms with Crippen molar-refractivity contribution in [1.29, 1.82) is 0 Å². The summed E-state index contributed by atoms with van der Waals surface area (Å²) < 4.78 is 0. The van der Waals surface area contributed by atoms with Crippen LogP contribution in [0.1, 0.15) is 18.1 Å². The Morgan fingerprint density at radius 1 is 1.00 bits per heavy atom. The van der Waals surface area contributed by atoms with Gasteiger partial charge in [-0.05, 0) is 42.7 Å². The third-order valence-corrected chi connectivity index (χ3v) is 3.43. The normalized spacial score (nSPS) is 10.3. The molecule has 2 heteroatoms. The molecule has 0 radical (unpaired) electrons. The summed E-state index contributed by atoms with van der Waals surface area (Å²) in [6, 6.07) is 14.6. The van der Waals surface area contributed by atoms with Crippen molar-refractivity contribution in [3.63, 3.8) is 0 Å². The van der Waals surface area contributed by atoms with E-state index in [0.717, 1.165) is 5.69 Å². The van der Waals surface area contributed by atoms with Gasteiger partial charge in [0, 0.05) is 19.7 Å². The maximum Gasteiger partial charge on any atom is 0.223 e. The average molecular weight is 253 g/mol. The molecule has 2 rings (SSSR count). The van der Waals surface area contributed by atoms with E-state index in [4.69, 9.17) is 0 Å². The van der Waals surface area contributed by atoms with Crippen molar-refractivity contribution in [2.24, 2.45) is 0 Å². The van der Waals surface area contributed by atoms with Crippen LogP contribution in [0.4, 0.5) is 5.69 Å². The van der Waals surface area contributed by atoms with Crippen molar-refractivity contribution in [3.8, 4) is 11.1 Å². The second-order valence-corrected chi connectivity index (χ2v) is 4.94. The number of aryl methyl sites for hydroxylation is 2. The lowest BCUT2D eigenvalue weighted by molar-refractivity contribution is -0.116. The summed E-state index contributed by atoms with van der Waals surface area (Å²) in [5, 5.41) is 0. The first-order valence-corrected chi connectivity index (χ1v) is 6.41. The predicted octanol–water partition coefficient (Wildman–Crippen LogP) is 3.95. The van der Waals surface area contributed by atoms with Gasteiger partial charge in [0.1, 0.15) is 0 Å². The second kappa shape index (κ2) is 5.27. The number of rotatable bonds is 2. The van der Waals surface area contributed by atoms with Crippen molar-refractivity contribution in [3.05, 3.63) is 53.6 Å². The molecular formula is C17H19NO. The first-order valence-electron chi connectivity index (χ1n) is 6.41. The number of hydrogen-bond acceptors (Lipinski definition) is 1. The molecule has 2 nitrogen and oxygen atoms in total. The highest BCUT2D eigenvalue weighted by atomic mass is 16.2. The fourth-order valence-electron chi connectivity index (χ4n) is 2.10. The molecule has 0 aromatic heterocycles. The van der Waals surface area contributed by atoms with Crippen molar-refractivity contribution >= 4 is 11.6 Å². The molecular weight excluding hydrogens is 234 g/mol. The van der Waals surface area contributed by atoms with Gasteiger partial charge in [-0.15, -0.1) is 0 Å². The molecule has 0 aliphatic rings. The first kappa shape index (κ1) is 13.3. The van der Waals surface area contributed by atoms with Gasteiger partial charge in [-0.3, -0.25) is 4.79 Å². The topological polar surface area (TPSA) is 20.3 Å². The van der Waals surface area contributed by atoms with Gasteiger partial charge in [0.25, 0.3) is 0 Å². The fourth-order valence-corrected chi connectivity index (χ4v) is 2.10. The molecule has 0 fully saturated rings. The lowest BCUT2D eigenvalue weighted by Crippen LogP contribution is -2.22. The van der Waals surface area contributed by atoms with Gasteiger partial charge in [0.05, 0.1) is 0 Å². The van der Waals surface area contributed by atoms with E-state index in [1.807, 2.05) is 6.07 Å². The molecule has 1 amide bonds. The quantitative estimate of drug-likeness (QED) is 0.793. The van der Waals surface area contributed by atoms with Crippen LogP contribution in [0.3, 0.4) is 0 Å². The third kappa shape index (κ3) is 2.84. The zero-order chi connectivity index (χ0) is 14.0. The SMILES string of the molecule is CC(=O)N(C)c1ccc(-c2ccc(C)cc2)c(C)c1. The maximum atomic E-state index is 11.4. The fraction of sp³-hybridized carbons (Fsp3) is 0.235. The molecule has 0 saturated carbocycles. The van der Waals surface area contributed by atoms with Crippen LogP contribution in [-0.4, -0.2) is 13.0 Å². The third-order valence-electron chi connectivity index (χ3n) is 3.43. The molecule has 0 unspecified atom stereocenters. The van der Waals surface area contributed by atoms with E-state index in [-0.39, 0.29) is 5.91 Å². The van der Waals surface area contributed by atoms with E-state index in [1.165, 1.54) is 22.3 Å². The molecule has 0 aliphatic carbocycles. The number of amides is 1. The van der Waals surface area contributed by atoms with E-state index >= 15 is 0 Å². The number of carbonyl (C=O) groups excluding carboxylic acids is 1. The van der Waals surface area contributed by atoms with E-state index in [1.54, 1.807) is 18.9 Å². The Labute approximate surface area is 114 Å². The van der Waals surface area contributed by atoms with Gasteiger partial charge >= 0.3 is 0 Å². The van der Waals surface area contributed by atoms with Gasteiger partial charge in [-0.25, -0.2) is 0 Å². The standard InChI is InChI=1S/C17H19NO/c1-12-5-7-15(8-6-12)17-10-9-16(11-13(17)2)18(4)14(3)19/h5-11H,1-4H3. The van der Waals surface area contributed by atoms with Gasteiger partial charge in [0.15, 0.2) is 0 Å². The molecule has 0 bridgehead atoms. The van der Waals surface area contributed by atoms with Crippen LogP contribution in [0.2, 0.25) is 0 Å². The summed E-state index contributed by atoms with van der Waals surface area (Å²) in [6.45, 7) is 5.73. The van der Waals surface area contributed by atoms with Crippen molar-refractivity contribution in [1.82, 2.24) is 0 Å². The molecule has 2 aromatic rings. The summed E-state index contributed by atoms with van der Waals surface area (Å²) in [5.41, 5.74) is 5.78. The monoisotopic (exact) mass is 253 g/mol. The summed E-state index contributed by atoms with van der Waals surface area (Å²) >= 11 is 0. The molecule has 2 aromatic carbocycles. The number of benzene rings is 2. The Hall–Kier alpha value is -2.09. The molecule has 0 N–H and O–H groups in total. The summed E-state index contributed by atoms with van der Waals surface area (Å²) in [7, 11) is 1.79. The highest BCUT2D eigenvalue weighted by Gasteiger charge is 2.08. The zero-order valence-electron chi connectivity index (χ0n) is 11.9. The molecule has 0 spiro atoms. The second-order valence-electron chi connectivity index (χ2n) is 4.94. The average Bonchev–Trinajstić information content (AvgIpc) is 2.39. The zero-order valence-corrected chi connectivity index (χ0v) is 11.9. The Kier molecular flexibility index (Phi) is 3.70. The number of anilines is 1. The Bertz CT molecular complexity index is 599. The first-order chi connectivity index (χ1) is 8.99. The van der Waals surface area contributed by atoms with Crippen LogP contribution < -0.4 is 4.90 Å². The molecule has 0 saturated heterocycles. The highest BCUT2D eigenvalue weighted by Crippen LogP contribution is 2.27. The van der Waals surface area contributed by atoms with Gasteiger partial charge in [-0.2, -0.15) is 0 Å². The van der Waals surface area contributed by atoms with Gasteiger partial charge in [0.2, 0.25) is 5.91 Å². The van der Waals surface area contributed by atoms with E-state index < -0.39 is 0 Å². The number of nitrogens with zero attached hydrogens (tertiary/aromatic N) is 1. The minimum atomic E-state index is 0.0440. The van der Waals surface area contributed by atoms with Gasteiger partial charge < -0.3 is 4.90 Å². The van der Waals surface area contributed by atoms with Crippen LogP contribution in [0.25, 0.3) is 11.1 Å². The molecule has 0 heterocycles.